The van der Waals surface area contributed by atoms with Crippen LogP contribution in [0.1, 0.15) is 25.5 Å². The lowest BCUT2D eigenvalue weighted by Crippen LogP contribution is -2.58. The molecule has 15 nitrogen and oxygen atoms in total. The summed E-state index contributed by atoms with van der Waals surface area (Å²) in [5.41, 5.74) is 16.9. The number of hydrogen-bond donors (Lipinski definition) is 9. The van der Waals surface area contributed by atoms with Crippen molar-refractivity contribution in [1.82, 2.24) is 25.9 Å². The van der Waals surface area contributed by atoms with Gasteiger partial charge in [-0.15, -0.1) is 0 Å². The second-order valence-electron chi connectivity index (χ2n) is 7.21. The number of nitrogens with two attached hydrogens (primary N) is 3. The quantitative estimate of drug-likeness (QED) is 0.0721. The SMILES string of the molecule is CC(NC(=O)C(CCCN=C(N)N)NC(=O)C(CO)NC(=O)C(N)Cc1cnc[nH]1)C(=O)O. The number of carbonyl (C=O) groups is 4. The van der Waals surface area contributed by atoms with Crippen LogP contribution >= 0.6 is 0 Å². The van der Waals surface area contributed by atoms with Crippen molar-refractivity contribution >= 4 is 29.7 Å². The summed E-state index contributed by atoms with van der Waals surface area (Å²) in [4.78, 5) is 58.8. The van der Waals surface area contributed by atoms with Gasteiger partial charge in [0.05, 0.1) is 19.0 Å². The monoisotopic (exact) mass is 469 g/mol. The molecule has 0 aliphatic heterocycles. The van der Waals surface area contributed by atoms with E-state index in [-0.39, 0.29) is 31.8 Å². The molecule has 184 valence electrons. The number of aromatic amines is 1. The highest BCUT2D eigenvalue weighted by Gasteiger charge is 2.29. The zero-order chi connectivity index (χ0) is 25.0. The first-order valence-corrected chi connectivity index (χ1v) is 10.1. The fourth-order valence-electron chi connectivity index (χ4n) is 2.62. The van der Waals surface area contributed by atoms with Crippen molar-refractivity contribution in [2.75, 3.05) is 13.2 Å². The minimum absolute atomic E-state index is 0.0616. The molecule has 0 radical (unpaired) electrons. The van der Waals surface area contributed by atoms with E-state index in [2.05, 4.69) is 30.9 Å². The molecule has 1 rings (SSSR count). The van der Waals surface area contributed by atoms with Crippen molar-refractivity contribution in [3.05, 3.63) is 18.2 Å². The van der Waals surface area contributed by atoms with Crippen molar-refractivity contribution in [1.29, 1.82) is 0 Å². The molecule has 0 aromatic carbocycles. The van der Waals surface area contributed by atoms with Crippen molar-refractivity contribution in [2.45, 2.75) is 50.4 Å². The molecule has 3 amide bonds. The zero-order valence-electron chi connectivity index (χ0n) is 18.2. The molecule has 12 N–H and O–H groups in total. The molecule has 0 aliphatic carbocycles. The summed E-state index contributed by atoms with van der Waals surface area (Å²) in [5.74, 6) is -3.73. The molecule has 0 saturated carbocycles. The number of amides is 3. The Morgan fingerprint density at radius 2 is 1.76 bits per heavy atom. The van der Waals surface area contributed by atoms with E-state index >= 15 is 0 Å². The number of nitrogens with zero attached hydrogens (tertiary/aromatic N) is 2. The summed E-state index contributed by atoms with van der Waals surface area (Å²) in [7, 11) is 0. The number of H-pyrrole nitrogens is 1. The van der Waals surface area contributed by atoms with Crippen LogP contribution in [0.25, 0.3) is 0 Å². The average Bonchev–Trinajstić information content (AvgIpc) is 3.26. The smallest absolute Gasteiger partial charge is 0.325 e. The van der Waals surface area contributed by atoms with E-state index in [0.717, 1.165) is 0 Å². The Balaban J connectivity index is 2.78. The number of aliphatic hydroxyl groups is 1. The number of hydrogen-bond acceptors (Lipinski definition) is 8. The number of aliphatic imine (C=N–C) groups is 1. The van der Waals surface area contributed by atoms with Gasteiger partial charge in [0.1, 0.15) is 18.1 Å². The van der Waals surface area contributed by atoms with Crippen LogP contribution in [0.5, 0.6) is 0 Å². The number of carbonyl (C=O) groups excluding carboxylic acids is 3. The molecule has 4 unspecified atom stereocenters. The van der Waals surface area contributed by atoms with E-state index in [9.17, 15) is 24.3 Å². The zero-order valence-corrected chi connectivity index (χ0v) is 18.2. The normalized spacial score (nSPS) is 14.3. The maximum absolute atomic E-state index is 12.6. The predicted octanol–water partition coefficient (Wildman–Crippen LogP) is -4.12. The summed E-state index contributed by atoms with van der Waals surface area (Å²) >= 11 is 0. The van der Waals surface area contributed by atoms with Gasteiger partial charge < -0.3 is 48.3 Å². The summed E-state index contributed by atoms with van der Waals surface area (Å²) in [6.45, 7) is 0.664. The van der Waals surface area contributed by atoms with Crippen LogP contribution in [-0.2, 0) is 25.6 Å². The molecule has 4 atom stereocenters. The summed E-state index contributed by atoms with van der Waals surface area (Å²) in [6, 6.07) is -4.79. The molecule has 1 aromatic rings. The van der Waals surface area contributed by atoms with Crippen LogP contribution in [0.4, 0.5) is 0 Å². The van der Waals surface area contributed by atoms with Crippen LogP contribution in [0.2, 0.25) is 0 Å². The van der Waals surface area contributed by atoms with Crippen molar-refractivity contribution in [3.63, 3.8) is 0 Å². The van der Waals surface area contributed by atoms with E-state index in [1.165, 1.54) is 19.4 Å². The Labute approximate surface area is 189 Å². The number of rotatable bonds is 14. The van der Waals surface area contributed by atoms with Gasteiger partial charge in [-0.25, -0.2) is 4.98 Å². The molecule has 33 heavy (non-hydrogen) atoms. The molecule has 1 heterocycles. The molecular formula is C18H31N9O6. The van der Waals surface area contributed by atoms with Crippen LogP contribution in [0.3, 0.4) is 0 Å². The third-order valence-electron chi connectivity index (χ3n) is 4.45. The van der Waals surface area contributed by atoms with E-state index < -0.39 is 54.5 Å². The number of guanidine groups is 1. The molecule has 1 aromatic heterocycles. The van der Waals surface area contributed by atoms with E-state index in [0.29, 0.717) is 5.69 Å². The van der Waals surface area contributed by atoms with E-state index in [1.54, 1.807) is 0 Å². The molecule has 0 saturated heterocycles. The largest absolute Gasteiger partial charge is 0.480 e. The first-order valence-electron chi connectivity index (χ1n) is 10.1. The van der Waals surface area contributed by atoms with Gasteiger partial charge in [0.15, 0.2) is 5.96 Å². The lowest BCUT2D eigenvalue weighted by atomic mass is 10.1. The van der Waals surface area contributed by atoms with Crippen LogP contribution < -0.4 is 33.2 Å². The van der Waals surface area contributed by atoms with Crippen molar-refractivity contribution in [2.24, 2.45) is 22.2 Å². The van der Waals surface area contributed by atoms with Gasteiger partial charge in [-0.2, -0.15) is 0 Å². The number of aromatic nitrogens is 2. The second kappa shape index (κ2) is 13.6. The van der Waals surface area contributed by atoms with Crippen molar-refractivity contribution in [3.8, 4) is 0 Å². The summed E-state index contributed by atoms with van der Waals surface area (Å²) in [5, 5.41) is 25.5. The standard InChI is InChI=1S/C18H31N9O6/c1-9(17(32)33)25-15(30)12(3-2-4-23-18(20)21)26-16(31)13(7-28)27-14(29)11(19)5-10-6-22-8-24-10/h6,8-9,11-13,28H,2-5,7,19H2,1H3,(H,22,24)(H,25,30)(H,26,31)(H,27,29)(H,32,33)(H4,20,21,23). The molecule has 0 aliphatic rings. The second-order valence-corrected chi connectivity index (χ2v) is 7.21. The Hall–Kier alpha value is -3.72. The highest BCUT2D eigenvalue weighted by molar-refractivity contribution is 5.94. The van der Waals surface area contributed by atoms with Gasteiger partial charge in [-0.3, -0.25) is 24.2 Å². The van der Waals surface area contributed by atoms with Gasteiger partial charge in [0, 0.05) is 24.9 Å². The maximum Gasteiger partial charge on any atom is 0.325 e. The maximum atomic E-state index is 12.6. The van der Waals surface area contributed by atoms with Crippen LogP contribution in [0.15, 0.2) is 17.5 Å². The average molecular weight is 470 g/mol. The Kier molecular flexibility index (Phi) is 11.3. The summed E-state index contributed by atoms with van der Waals surface area (Å²) in [6.07, 6.45) is 3.38. The number of aliphatic hydroxyl groups excluding tert-OH is 1. The van der Waals surface area contributed by atoms with Gasteiger partial charge in [-0.1, -0.05) is 0 Å². The molecule has 0 fully saturated rings. The van der Waals surface area contributed by atoms with Gasteiger partial charge in [-0.05, 0) is 19.8 Å². The first-order chi connectivity index (χ1) is 15.5. The predicted molar refractivity (Wildman–Crippen MR) is 116 cm³/mol. The number of imidazole rings is 1. The minimum Gasteiger partial charge on any atom is -0.480 e. The number of nitrogens with one attached hydrogen (secondary N) is 4. The van der Waals surface area contributed by atoms with Gasteiger partial charge in [0.25, 0.3) is 0 Å². The first kappa shape index (κ1) is 27.3. The highest BCUT2D eigenvalue weighted by Crippen LogP contribution is 2.02. The van der Waals surface area contributed by atoms with E-state index in [4.69, 9.17) is 22.3 Å². The molecular weight excluding hydrogens is 438 g/mol. The molecule has 0 spiro atoms. The fraction of sp³-hybridized carbons (Fsp3) is 0.556. The third kappa shape index (κ3) is 9.96. The highest BCUT2D eigenvalue weighted by atomic mass is 16.4. The Morgan fingerprint density at radius 1 is 1.12 bits per heavy atom. The lowest BCUT2D eigenvalue weighted by molar-refractivity contribution is -0.141. The number of aliphatic carboxylic acids is 1. The molecule has 0 bridgehead atoms. The summed E-state index contributed by atoms with van der Waals surface area (Å²) < 4.78 is 0. The third-order valence-corrected chi connectivity index (χ3v) is 4.45. The number of carboxylic acid groups (broad SMARTS) is 1. The van der Waals surface area contributed by atoms with Gasteiger partial charge in [0.2, 0.25) is 17.7 Å². The Bertz CT molecular complexity index is 825. The lowest BCUT2D eigenvalue weighted by Gasteiger charge is -2.23. The minimum atomic E-state index is -1.39. The topological polar surface area (TPSA) is 264 Å². The Morgan fingerprint density at radius 3 is 2.30 bits per heavy atom. The molecule has 15 heteroatoms. The van der Waals surface area contributed by atoms with E-state index in [1.807, 2.05) is 0 Å². The number of carboxylic acids is 1. The van der Waals surface area contributed by atoms with Crippen LogP contribution in [0, 0.1) is 0 Å². The van der Waals surface area contributed by atoms with Crippen LogP contribution in [-0.4, -0.2) is 87.2 Å². The fourth-order valence-corrected chi connectivity index (χ4v) is 2.62. The van der Waals surface area contributed by atoms with Gasteiger partial charge >= 0.3 is 5.97 Å². The van der Waals surface area contributed by atoms with Crippen molar-refractivity contribution < 1.29 is 29.4 Å².